The second-order valence-electron chi connectivity index (χ2n) is 10.1. The van der Waals surface area contributed by atoms with Crippen molar-refractivity contribution in [2.45, 2.75) is 77.0 Å². The first kappa shape index (κ1) is 25.6. The van der Waals surface area contributed by atoms with E-state index < -0.39 is 11.6 Å². The highest BCUT2D eigenvalue weighted by atomic mass is 19.2. The molecule has 2 aliphatic carbocycles. The predicted molar refractivity (Wildman–Crippen MR) is 137 cm³/mol. The van der Waals surface area contributed by atoms with Gasteiger partial charge in [-0.1, -0.05) is 42.5 Å². The lowest BCUT2D eigenvalue weighted by atomic mass is 9.78. The molecule has 0 atom stereocenters. The molecule has 0 unspecified atom stereocenters. The van der Waals surface area contributed by atoms with E-state index in [9.17, 15) is 13.2 Å². The molecular weight excluding hydrogens is 445 g/mol. The highest BCUT2D eigenvalue weighted by molar-refractivity contribution is 5.52. The Bertz CT molecular complexity index is 1040. The van der Waals surface area contributed by atoms with Crippen LogP contribution in [-0.4, -0.2) is 6.61 Å². The van der Waals surface area contributed by atoms with Crippen molar-refractivity contribution in [1.82, 2.24) is 0 Å². The average molecular weight is 483 g/mol. The molecule has 0 aromatic heterocycles. The van der Waals surface area contributed by atoms with Crippen LogP contribution in [0.15, 0.2) is 48.6 Å². The average Bonchev–Trinajstić information content (AvgIpc) is 2.87. The molecule has 2 aliphatic rings. The largest absolute Gasteiger partial charge is 0.491 e. The Labute approximate surface area is 208 Å². The molecule has 2 aromatic carbocycles. The van der Waals surface area contributed by atoms with Crippen molar-refractivity contribution < 1.29 is 17.9 Å². The standard InChI is InChI=1S/C31H37F3O/c1-3-5-21-8-13-24(14-9-21)27-18-16-25(30(33)31(27)34)15-10-22-6-11-23(12-7-22)26-17-19-29(35-4-2)28(32)20-26/h3,5,10,15-24H,4,6-9,11-14H2,1-2H3/b5-3+,15-10+. The number of ether oxygens (including phenoxy) is 1. The minimum atomic E-state index is -0.729. The number of allylic oxidation sites excluding steroid dienone is 3. The van der Waals surface area contributed by atoms with Gasteiger partial charge in [-0.3, -0.25) is 0 Å². The summed E-state index contributed by atoms with van der Waals surface area (Å²) in [4.78, 5) is 0. The second kappa shape index (κ2) is 12.0. The Morgan fingerprint density at radius 1 is 0.800 bits per heavy atom. The molecule has 0 saturated heterocycles. The molecule has 0 bridgehead atoms. The molecule has 0 radical (unpaired) electrons. The van der Waals surface area contributed by atoms with Gasteiger partial charge in [0.1, 0.15) is 0 Å². The summed E-state index contributed by atoms with van der Waals surface area (Å²) in [6.07, 6.45) is 15.8. The Kier molecular flexibility index (Phi) is 8.75. The van der Waals surface area contributed by atoms with Crippen molar-refractivity contribution in [3.8, 4) is 5.75 Å². The molecule has 1 nitrogen and oxygen atoms in total. The predicted octanol–water partition coefficient (Wildman–Crippen LogP) is 9.34. The number of halogens is 3. The van der Waals surface area contributed by atoms with Gasteiger partial charge in [0.2, 0.25) is 0 Å². The highest BCUT2D eigenvalue weighted by Crippen LogP contribution is 2.39. The maximum atomic E-state index is 14.9. The smallest absolute Gasteiger partial charge is 0.166 e. The maximum absolute atomic E-state index is 14.9. The Morgan fingerprint density at radius 2 is 1.46 bits per heavy atom. The summed E-state index contributed by atoms with van der Waals surface area (Å²) in [7, 11) is 0. The number of benzene rings is 2. The lowest BCUT2D eigenvalue weighted by Gasteiger charge is -2.28. The van der Waals surface area contributed by atoms with Gasteiger partial charge in [0.15, 0.2) is 23.2 Å². The molecule has 2 aromatic rings. The van der Waals surface area contributed by atoms with E-state index in [4.69, 9.17) is 4.74 Å². The lowest BCUT2D eigenvalue weighted by Crippen LogP contribution is -2.14. The SMILES string of the molecule is C/C=C/C1CCC(c2ccc(/C=C/C3CCC(c4ccc(OCC)c(F)c4)CC3)c(F)c2F)CC1. The monoisotopic (exact) mass is 482 g/mol. The third kappa shape index (κ3) is 6.20. The molecule has 2 fully saturated rings. The molecule has 188 valence electrons. The van der Waals surface area contributed by atoms with Gasteiger partial charge in [0.05, 0.1) is 6.61 Å². The number of rotatable bonds is 7. The van der Waals surface area contributed by atoms with Crippen LogP contribution in [0.5, 0.6) is 5.75 Å². The van der Waals surface area contributed by atoms with E-state index >= 15 is 0 Å². The van der Waals surface area contributed by atoms with Crippen LogP contribution >= 0.6 is 0 Å². The number of hydrogen-bond donors (Lipinski definition) is 0. The van der Waals surface area contributed by atoms with Gasteiger partial charge in [-0.05, 0) is 112 Å². The van der Waals surface area contributed by atoms with E-state index in [-0.39, 0.29) is 11.7 Å². The third-order valence-electron chi connectivity index (χ3n) is 7.87. The van der Waals surface area contributed by atoms with Crippen LogP contribution < -0.4 is 4.74 Å². The van der Waals surface area contributed by atoms with Crippen LogP contribution in [0, 0.1) is 29.3 Å². The molecule has 2 saturated carbocycles. The third-order valence-corrected chi connectivity index (χ3v) is 7.87. The first-order valence-electron chi connectivity index (χ1n) is 13.2. The van der Waals surface area contributed by atoms with E-state index in [1.54, 1.807) is 30.3 Å². The normalized spacial score (nSPS) is 25.4. The topological polar surface area (TPSA) is 9.23 Å². The minimum Gasteiger partial charge on any atom is -0.491 e. The highest BCUT2D eigenvalue weighted by Gasteiger charge is 2.26. The molecule has 0 aliphatic heterocycles. The van der Waals surface area contributed by atoms with E-state index in [1.807, 2.05) is 26.0 Å². The van der Waals surface area contributed by atoms with Crippen LogP contribution in [0.3, 0.4) is 0 Å². The van der Waals surface area contributed by atoms with Gasteiger partial charge in [-0.25, -0.2) is 13.2 Å². The zero-order chi connectivity index (χ0) is 24.8. The minimum absolute atomic E-state index is 0.103. The van der Waals surface area contributed by atoms with Gasteiger partial charge >= 0.3 is 0 Å². The van der Waals surface area contributed by atoms with Crippen molar-refractivity contribution in [3.63, 3.8) is 0 Å². The molecule has 0 N–H and O–H groups in total. The van der Waals surface area contributed by atoms with E-state index in [0.717, 1.165) is 56.9 Å². The molecular formula is C31H37F3O. The molecule has 35 heavy (non-hydrogen) atoms. The molecule has 0 spiro atoms. The summed E-state index contributed by atoms with van der Waals surface area (Å²) >= 11 is 0. The molecule has 0 heterocycles. The Balaban J connectivity index is 1.34. The lowest BCUT2D eigenvalue weighted by molar-refractivity contribution is 0.320. The fourth-order valence-corrected chi connectivity index (χ4v) is 5.85. The Morgan fingerprint density at radius 3 is 2.09 bits per heavy atom. The van der Waals surface area contributed by atoms with Gasteiger partial charge in [0, 0.05) is 5.56 Å². The van der Waals surface area contributed by atoms with E-state index in [2.05, 4.69) is 12.2 Å². The van der Waals surface area contributed by atoms with Crippen LogP contribution in [0.4, 0.5) is 13.2 Å². The zero-order valence-corrected chi connectivity index (χ0v) is 20.9. The first-order chi connectivity index (χ1) is 17.0. The molecule has 4 rings (SSSR count). The summed E-state index contributed by atoms with van der Waals surface area (Å²) in [5.74, 6) is -0.103. The quantitative estimate of drug-likeness (QED) is 0.357. The van der Waals surface area contributed by atoms with E-state index in [0.29, 0.717) is 41.2 Å². The fraction of sp³-hybridized carbons (Fsp3) is 0.484. The van der Waals surface area contributed by atoms with Crippen LogP contribution in [0.25, 0.3) is 6.08 Å². The van der Waals surface area contributed by atoms with E-state index in [1.165, 1.54) is 0 Å². The summed E-state index contributed by atoms with van der Waals surface area (Å²) in [6, 6.07) is 8.79. The Hall–Kier alpha value is -2.49. The summed E-state index contributed by atoms with van der Waals surface area (Å²) < 4.78 is 49.4. The summed E-state index contributed by atoms with van der Waals surface area (Å²) in [5.41, 5.74) is 1.86. The van der Waals surface area contributed by atoms with Crippen molar-refractivity contribution in [1.29, 1.82) is 0 Å². The molecule has 4 heteroatoms. The van der Waals surface area contributed by atoms with Crippen molar-refractivity contribution in [2.75, 3.05) is 6.61 Å². The zero-order valence-electron chi connectivity index (χ0n) is 20.9. The summed E-state index contributed by atoms with van der Waals surface area (Å²) in [5, 5.41) is 0. The first-order valence-corrected chi connectivity index (χ1v) is 13.2. The molecule has 0 amide bonds. The van der Waals surface area contributed by atoms with Crippen LogP contribution in [0.1, 0.15) is 93.7 Å². The maximum Gasteiger partial charge on any atom is 0.166 e. The van der Waals surface area contributed by atoms with Gasteiger partial charge < -0.3 is 4.74 Å². The van der Waals surface area contributed by atoms with Crippen molar-refractivity contribution in [2.24, 2.45) is 11.8 Å². The number of hydrogen-bond acceptors (Lipinski definition) is 1. The van der Waals surface area contributed by atoms with Gasteiger partial charge in [-0.2, -0.15) is 0 Å². The van der Waals surface area contributed by atoms with Crippen molar-refractivity contribution in [3.05, 3.63) is 82.7 Å². The fourth-order valence-electron chi connectivity index (χ4n) is 5.85. The van der Waals surface area contributed by atoms with Gasteiger partial charge in [0.25, 0.3) is 0 Å². The second-order valence-corrected chi connectivity index (χ2v) is 10.1. The van der Waals surface area contributed by atoms with Crippen LogP contribution in [0.2, 0.25) is 0 Å². The van der Waals surface area contributed by atoms with Crippen LogP contribution in [-0.2, 0) is 0 Å². The van der Waals surface area contributed by atoms with Crippen molar-refractivity contribution >= 4 is 6.08 Å². The van der Waals surface area contributed by atoms with Gasteiger partial charge in [-0.15, -0.1) is 0 Å². The summed E-state index contributed by atoms with van der Waals surface area (Å²) in [6.45, 7) is 4.31.